The van der Waals surface area contributed by atoms with E-state index in [4.69, 9.17) is 9.47 Å². The normalized spacial score (nSPS) is 9.88. The van der Waals surface area contributed by atoms with E-state index in [9.17, 15) is 0 Å². The third-order valence-electron chi connectivity index (χ3n) is 2.33. The molecule has 0 aliphatic rings. The summed E-state index contributed by atoms with van der Waals surface area (Å²) >= 11 is 0. The van der Waals surface area contributed by atoms with Crippen molar-refractivity contribution >= 4 is 0 Å². The molecule has 2 aromatic rings. The van der Waals surface area contributed by atoms with Gasteiger partial charge in [-0.2, -0.15) is 0 Å². The Hall–Kier alpha value is -2.03. The van der Waals surface area contributed by atoms with Gasteiger partial charge in [0.25, 0.3) is 0 Å². The van der Waals surface area contributed by atoms with Crippen LogP contribution in [0.4, 0.5) is 0 Å². The number of rotatable bonds is 3. The molecule has 3 nitrogen and oxygen atoms in total. The van der Waals surface area contributed by atoms with Crippen molar-refractivity contribution < 1.29 is 9.47 Å². The minimum absolute atomic E-state index is 0.760. The first-order valence-electron chi connectivity index (χ1n) is 4.98. The lowest BCUT2D eigenvalue weighted by Crippen LogP contribution is -1.91. The summed E-state index contributed by atoms with van der Waals surface area (Å²) in [6.07, 6.45) is 1.75. The first kappa shape index (κ1) is 10.5. The zero-order chi connectivity index (χ0) is 11.4. The van der Waals surface area contributed by atoms with Crippen molar-refractivity contribution in [3.8, 4) is 22.8 Å². The number of hydrogen-bond acceptors (Lipinski definition) is 3. The third kappa shape index (κ3) is 1.98. The van der Waals surface area contributed by atoms with Crippen LogP contribution in [0.2, 0.25) is 0 Å². The van der Waals surface area contributed by atoms with Gasteiger partial charge in [-0.25, -0.2) is 0 Å². The van der Waals surface area contributed by atoms with Crippen LogP contribution in [0.25, 0.3) is 11.3 Å². The van der Waals surface area contributed by atoms with E-state index in [1.54, 1.807) is 20.4 Å². The molecule has 1 heterocycles. The Bertz CT molecular complexity index is 483. The molecule has 1 aromatic heterocycles. The molecule has 0 amide bonds. The summed E-state index contributed by atoms with van der Waals surface area (Å²) in [7, 11) is 3.29. The molecule has 0 N–H and O–H groups in total. The smallest absolute Gasteiger partial charge is 0.145 e. The van der Waals surface area contributed by atoms with E-state index in [1.165, 1.54) is 0 Å². The minimum atomic E-state index is 0.760. The quantitative estimate of drug-likeness (QED) is 0.788. The number of methoxy groups -OCH3 is 2. The lowest BCUT2D eigenvalue weighted by atomic mass is 10.1. The van der Waals surface area contributed by atoms with E-state index in [-0.39, 0.29) is 0 Å². The average Bonchev–Trinajstić information content (AvgIpc) is 2.38. The molecule has 0 saturated carbocycles. The molecule has 16 heavy (non-hydrogen) atoms. The topological polar surface area (TPSA) is 31.4 Å². The number of benzene rings is 1. The van der Waals surface area contributed by atoms with Crippen molar-refractivity contribution in [2.75, 3.05) is 14.2 Å². The van der Waals surface area contributed by atoms with Gasteiger partial charge in [0, 0.05) is 11.8 Å². The van der Waals surface area contributed by atoms with Crippen LogP contribution in [-0.2, 0) is 0 Å². The Kier molecular flexibility index (Phi) is 3.05. The highest BCUT2D eigenvalue weighted by molar-refractivity contribution is 5.67. The van der Waals surface area contributed by atoms with Crippen molar-refractivity contribution in [3.63, 3.8) is 0 Å². The highest BCUT2D eigenvalue weighted by atomic mass is 16.5. The van der Waals surface area contributed by atoms with Gasteiger partial charge in [-0.1, -0.05) is 12.1 Å². The molecule has 0 spiro atoms. The fourth-order valence-corrected chi connectivity index (χ4v) is 1.54. The second kappa shape index (κ2) is 4.66. The number of nitrogens with zero attached hydrogens (tertiary/aromatic N) is 1. The third-order valence-corrected chi connectivity index (χ3v) is 2.33. The van der Waals surface area contributed by atoms with Crippen LogP contribution in [0.3, 0.4) is 0 Å². The fourth-order valence-electron chi connectivity index (χ4n) is 1.54. The number of pyridine rings is 1. The molecule has 0 unspecified atom stereocenters. The van der Waals surface area contributed by atoms with Crippen LogP contribution in [-0.4, -0.2) is 19.2 Å². The van der Waals surface area contributed by atoms with Crippen LogP contribution in [0.5, 0.6) is 11.5 Å². The summed E-state index contributed by atoms with van der Waals surface area (Å²) in [6.45, 7) is 0. The van der Waals surface area contributed by atoms with Crippen molar-refractivity contribution in [1.82, 2.24) is 4.98 Å². The molecule has 0 aliphatic carbocycles. The van der Waals surface area contributed by atoms with Crippen molar-refractivity contribution in [2.45, 2.75) is 0 Å². The second-order valence-corrected chi connectivity index (χ2v) is 3.29. The van der Waals surface area contributed by atoms with Gasteiger partial charge in [0.15, 0.2) is 0 Å². The van der Waals surface area contributed by atoms with E-state index >= 15 is 0 Å². The molecule has 3 heteroatoms. The molecule has 0 atom stereocenters. The van der Waals surface area contributed by atoms with E-state index in [2.05, 4.69) is 4.98 Å². The van der Waals surface area contributed by atoms with E-state index < -0.39 is 0 Å². The second-order valence-electron chi connectivity index (χ2n) is 3.29. The minimum Gasteiger partial charge on any atom is -0.497 e. The molecular weight excluding hydrogens is 202 g/mol. The number of ether oxygens (including phenoxy) is 2. The summed E-state index contributed by atoms with van der Waals surface area (Å²) in [5.41, 5.74) is 1.81. The summed E-state index contributed by atoms with van der Waals surface area (Å²) in [5.74, 6) is 1.57. The van der Waals surface area contributed by atoms with Crippen LogP contribution in [0.15, 0.2) is 42.6 Å². The van der Waals surface area contributed by atoms with Crippen LogP contribution in [0.1, 0.15) is 0 Å². The van der Waals surface area contributed by atoms with Gasteiger partial charge in [0.1, 0.15) is 17.2 Å². The molecule has 0 aliphatic heterocycles. The molecule has 2 rings (SSSR count). The summed E-state index contributed by atoms with van der Waals surface area (Å²) in [6, 6.07) is 11.5. The first-order chi connectivity index (χ1) is 7.85. The maximum atomic E-state index is 5.27. The molecule has 0 fully saturated rings. The van der Waals surface area contributed by atoms with E-state index in [0.717, 1.165) is 22.8 Å². The lowest BCUT2D eigenvalue weighted by molar-refractivity contribution is 0.413. The standard InChI is InChI=1S/C13H13NO2/c1-15-11-6-3-5-10(9-11)13-12(16-2)7-4-8-14-13/h3-9H,1-2H3. The Morgan fingerprint density at radius 3 is 2.62 bits per heavy atom. The molecule has 82 valence electrons. The van der Waals surface area contributed by atoms with Crippen molar-refractivity contribution in [2.24, 2.45) is 0 Å². The lowest BCUT2D eigenvalue weighted by Gasteiger charge is -2.08. The summed E-state index contributed by atoms with van der Waals surface area (Å²) in [4.78, 5) is 4.31. The zero-order valence-electron chi connectivity index (χ0n) is 9.31. The predicted octanol–water partition coefficient (Wildman–Crippen LogP) is 2.77. The van der Waals surface area contributed by atoms with E-state index in [0.29, 0.717) is 0 Å². The van der Waals surface area contributed by atoms with Gasteiger partial charge in [-0.3, -0.25) is 4.98 Å². The zero-order valence-corrected chi connectivity index (χ0v) is 9.31. The number of aromatic nitrogens is 1. The van der Waals surface area contributed by atoms with Crippen LogP contribution < -0.4 is 9.47 Å². The molecular formula is C13H13NO2. The summed E-state index contributed by atoms with van der Waals surface area (Å²) in [5, 5.41) is 0. The Labute approximate surface area is 94.7 Å². The van der Waals surface area contributed by atoms with Gasteiger partial charge >= 0.3 is 0 Å². The van der Waals surface area contributed by atoms with Crippen molar-refractivity contribution in [3.05, 3.63) is 42.6 Å². The fraction of sp³-hybridized carbons (Fsp3) is 0.154. The van der Waals surface area contributed by atoms with Crippen LogP contribution >= 0.6 is 0 Å². The maximum Gasteiger partial charge on any atom is 0.145 e. The first-order valence-corrected chi connectivity index (χ1v) is 4.98. The monoisotopic (exact) mass is 215 g/mol. The molecule has 0 bridgehead atoms. The largest absolute Gasteiger partial charge is 0.497 e. The molecule has 0 saturated heterocycles. The van der Waals surface area contributed by atoms with Gasteiger partial charge in [-0.05, 0) is 24.3 Å². The van der Waals surface area contributed by atoms with Gasteiger partial charge in [0.2, 0.25) is 0 Å². The SMILES string of the molecule is COc1cccc(-c2ncccc2OC)c1. The average molecular weight is 215 g/mol. The Balaban J connectivity index is 2.49. The number of hydrogen-bond donors (Lipinski definition) is 0. The van der Waals surface area contributed by atoms with Crippen molar-refractivity contribution in [1.29, 1.82) is 0 Å². The molecule has 0 radical (unpaired) electrons. The van der Waals surface area contributed by atoms with Crippen LogP contribution in [0, 0.1) is 0 Å². The Morgan fingerprint density at radius 1 is 1.00 bits per heavy atom. The summed E-state index contributed by atoms with van der Waals surface area (Å²) < 4.78 is 10.5. The predicted molar refractivity (Wildman–Crippen MR) is 62.8 cm³/mol. The molecule has 1 aromatic carbocycles. The Morgan fingerprint density at radius 2 is 1.88 bits per heavy atom. The maximum absolute atomic E-state index is 5.27. The van der Waals surface area contributed by atoms with Gasteiger partial charge in [0.05, 0.1) is 14.2 Å². The van der Waals surface area contributed by atoms with Gasteiger partial charge < -0.3 is 9.47 Å². The highest BCUT2D eigenvalue weighted by Crippen LogP contribution is 2.29. The van der Waals surface area contributed by atoms with E-state index in [1.807, 2.05) is 36.4 Å². The highest BCUT2D eigenvalue weighted by Gasteiger charge is 2.06. The van der Waals surface area contributed by atoms with Gasteiger partial charge in [-0.15, -0.1) is 0 Å².